The smallest absolute Gasteiger partial charge is 0.225 e. The molecule has 0 fully saturated rings. The number of hydrogen-bond acceptors (Lipinski definition) is 7. The van der Waals surface area contributed by atoms with Gasteiger partial charge in [0.05, 0.1) is 32.3 Å². The molecule has 0 saturated heterocycles. The van der Waals surface area contributed by atoms with Crippen LogP contribution in [0.25, 0.3) is 0 Å². The lowest BCUT2D eigenvalue weighted by molar-refractivity contribution is 0.397. The van der Waals surface area contributed by atoms with Gasteiger partial charge < -0.3 is 20.1 Å². The van der Waals surface area contributed by atoms with Gasteiger partial charge >= 0.3 is 0 Å². The number of pyridine rings is 1. The maximum Gasteiger partial charge on any atom is 0.225 e. The number of rotatable bonds is 4. The third kappa shape index (κ3) is 4.97. The highest BCUT2D eigenvalue weighted by Gasteiger charge is 1.93. The molecule has 0 atom stereocenters. The topological polar surface area (TPSA) is 81.2 Å². The molecule has 0 radical (unpaired) electrons. The van der Waals surface area contributed by atoms with Crippen LogP contribution in [0.5, 0.6) is 11.6 Å². The SMILES string of the molecule is CNc1cncc(OC)c1.CNc1nccc(OC)n1. The normalized spacial score (nSPS) is 9.00. The molecule has 0 spiro atoms. The van der Waals surface area contributed by atoms with Gasteiger partial charge in [-0.1, -0.05) is 0 Å². The first kappa shape index (κ1) is 15.5. The van der Waals surface area contributed by atoms with Crippen LogP contribution in [0.2, 0.25) is 0 Å². The second kappa shape index (κ2) is 8.52. The number of hydrogen-bond donors (Lipinski definition) is 2. The van der Waals surface area contributed by atoms with E-state index >= 15 is 0 Å². The van der Waals surface area contributed by atoms with Crippen molar-refractivity contribution in [1.82, 2.24) is 15.0 Å². The van der Waals surface area contributed by atoms with Gasteiger partial charge in [0.15, 0.2) is 0 Å². The Morgan fingerprint density at radius 2 is 1.85 bits per heavy atom. The third-order valence-electron chi connectivity index (χ3n) is 2.30. The van der Waals surface area contributed by atoms with Gasteiger partial charge in [-0.05, 0) is 0 Å². The summed E-state index contributed by atoms with van der Waals surface area (Å²) in [6.45, 7) is 0. The van der Waals surface area contributed by atoms with Crippen molar-refractivity contribution in [3.05, 3.63) is 30.7 Å². The van der Waals surface area contributed by atoms with E-state index in [4.69, 9.17) is 9.47 Å². The Labute approximate surface area is 118 Å². The molecule has 108 valence electrons. The van der Waals surface area contributed by atoms with Gasteiger partial charge in [-0.3, -0.25) is 4.98 Å². The Hall–Kier alpha value is -2.57. The fourth-order valence-electron chi connectivity index (χ4n) is 1.24. The summed E-state index contributed by atoms with van der Waals surface area (Å²) in [7, 11) is 6.80. The highest BCUT2D eigenvalue weighted by molar-refractivity contribution is 5.44. The molecule has 7 heteroatoms. The zero-order chi connectivity index (χ0) is 14.8. The molecule has 2 N–H and O–H groups in total. The first-order valence-electron chi connectivity index (χ1n) is 5.95. The Bertz CT molecular complexity index is 436. The van der Waals surface area contributed by atoms with Gasteiger partial charge in [-0.25, -0.2) is 4.98 Å². The summed E-state index contributed by atoms with van der Waals surface area (Å²) in [6.07, 6.45) is 5.04. The van der Waals surface area contributed by atoms with Crippen LogP contribution < -0.4 is 20.1 Å². The summed E-state index contributed by atoms with van der Waals surface area (Å²) in [4.78, 5) is 11.8. The lowest BCUT2D eigenvalue weighted by atomic mass is 10.4. The van der Waals surface area contributed by atoms with Crippen molar-refractivity contribution in [1.29, 1.82) is 0 Å². The summed E-state index contributed by atoms with van der Waals surface area (Å²) in [5, 5.41) is 5.76. The molecule has 2 rings (SSSR count). The third-order valence-corrected chi connectivity index (χ3v) is 2.30. The van der Waals surface area contributed by atoms with Gasteiger partial charge in [0.25, 0.3) is 0 Å². The van der Waals surface area contributed by atoms with E-state index in [0.29, 0.717) is 11.8 Å². The lowest BCUT2D eigenvalue weighted by Gasteiger charge is -2.01. The number of methoxy groups -OCH3 is 2. The summed E-state index contributed by atoms with van der Waals surface area (Å²) < 4.78 is 9.82. The maximum absolute atomic E-state index is 4.95. The largest absolute Gasteiger partial charge is 0.495 e. The molecule has 0 bridgehead atoms. The van der Waals surface area contributed by atoms with E-state index in [9.17, 15) is 0 Å². The second-order valence-electron chi connectivity index (χ2n) is 3.54. The number of anilines is 2. The standard InChI is InChI=1S/C7H10N2O.C6H9N3O/c1-8-6-3-7(10-2)5-9-4-6;1-7-6-8-4-3-5(9-6)10-2/h3-5,8H,1-2H3;3-4H,1-2H3,(H,7,8,9). The van der Waals surface area contributed by atoms with E-state index in [0.717, 1.165) is 11.4 Å². The average molecular weight is 277 g/mol. The van der Waals surface area contributed by atoms with Crippen LogP contribution in [0.15, 0.2) is 30.7 Å². The lowest BCUT2D eigenvalue weighted by Crippen LogP contribution is -1.96. The highest BCUT2D eigenvalue weighted by atomic mass is 16.5. The van der Waals surface area contributed by atoms with Crippen LogP contribution in [-0.2, 0) is 0 Å². The molecular weight excluding hydrogens is 258 g/mol. The summed E-state index contributed by atoms with van der Waals surface area (Å²) in [6, 6.07) is 3.58. The van der Waals surface area contributed by atoms with E-state index in [-0.39, 0.29) is 0 Å². The predicted molar refractivity (Wildman–Crippen MR) is 78.5 cm³/mol. The van der Waals surface area contributed by atoms with E-state index in [1.54, 1.807) is 45.9 Å². The molecule has 20 heavy (non-hydrogen) atoms. The first-order chi connectivity index (χ1) is 9.73. The number of ether oxygens (including phenoxy) is 2. The fourth-order valence-corrected chi connectivity index (χ4v) is 1.24. The van der Waals surface area contributed by atoms with E-state index in [1.807, 2.05) is 13.1 Å². The fraction of sp³-hybridized carbons (Fsp3) is 0.308. The van der Waals surface area contributed by atoms with Gasteiger partial charge in [-0.2, -0.15) is 4.98 Å². The molecule has 0 aromatic carbocycles. The van der Waals surface area contributed by atoms with Crippen molar-refractivity contribution in [3.63, 3.8) is 0 Å². The summed E-state index contributed by atoms with van der Waals surface area (Å²) >= 11 is 0. The van der Waals surface area contributed by atoms with E-state index in [1.165, 1.54) is 0 Å². The molecule has 0 amide bonds. The van der Waals surface area contributed by atoms with Crippen LogP contribution in [0.1, 0.15) is 0 Å². The molecule has 2 heterocycles. The molecule has 2 aromatic heterocycles. The minimum absolute atomic E-state index is 0.569. The van der Waals surface area contributed by atoms with Crippen molar-refractivity contribution in [3.8, 4) is 11.6 Å². The number of nitrogens with zero attached hydrogens (tertiary/aromatic N) is 3. The van der Waals surface area contributed by atoms with Crippen LogP contribution >= 0.6 is 0 Å². The Morgan fingerprint density at radius 3 is 2.45 bits per heavy atom. The molecule has 0 unspecified atom stereocenters. The monoisotopic (exact) mass is 277 g/mol. The van der Waals surface area contributed by atoms with E-state index in [2.05, 4.69) is 25.6 Å². The Morgan fingerprint density at radius 1 is 1.05 bits per heavy atom. The van der Waals surface area contributed by atoms with Gasteiger partial charge in [-0.15, -0.1) is 0 Å². The predicted octanol–water partition coefficient (Wildman–Crippen LogP) is 1.66. The number of aromatic nitrogens is 3. The minimum Gasteiger partial charge on any atom is -0.495 e. The van der Waals surface area contributed by atoms with Crippen LogP contribution in [0, 0.1) is 0 Å². The van der Waals surface area contributed by atoms with Gasteiger partial charge in [0.1, 0.15) is 5.75 Å². The van der Waals surface area contributed by atoms with Crippen molar-refractivity contribution in [2.45, 2.75) is 0 Å². The molecule has 0 saturated carbocycles. The molecular formula is C13H19N5O2. The molecule has 7 nitrogen and oxygen atoms in total. The second-order valence-corrected chi connectivity index (χ2v) is 3.54. The number of nitrogens with one attached hydrogen (secondary N) is 2. The van der Waals surface area contributed by atoms with Crippen LogP contribution in [0.4, 0.5) is 11.6 Å². The zero-order valence-corrected chi connectivity index (χ0v) is 12.0. The zero-order valence-electron chi connectivity index (χ0n) is 12.0. The average Bonchev–Trinajstić information content (AvgIpc) is 2.55. The van der Waals surface area contributed by atoms with Crippen LogP contribution in [0.3, 0.4) is 0 Å². The van der Waals surface area contributed by atoms with Crippen molar-refractivity contribution < 1.29 is 9.47 Å². The molecule has 0 aliphatic rings. The highest BCUT2D eigenvalue weighted by Crippen LogP contribution is 2.13. The van der Waals surface area contributed by atoms with Crippen molar-refractivity contribution in [2.75, 3.05) is 38.9 Å². The van der Waals surface area contributed by atoms with Gasteiger partial charge in [0, 0.05) is 32.4 Å². The molecule has 0 aliphatic carbocycles. The maximum atomic E-state index is 4.95. The van der Waals surface area contributed by atoms with Crippen molar-refractivity contribution in [2.24, 2.45) is 0 Å². The van der Waals surface area contributed by atoms with E-state index < -0.39 is 0 Å². The Balaban J connectivity index is 0.000000200. The summed E-state index contributed by atoms with van der Waals surface area (Å²) in [5.74, 6) is 1.91. The van der Waals surface area contributed by atoms with Gasteiger partial charge in [0.2, 0.25) is 11.8 Å². The first-order valence-corrected chi connectivity index (χ1v) is 5.95. The Kier molecular flexibility index (Phi) is 6.60. The quantitative estimate of drug-likeness (QED) is 0.879. The van der Waals surface area contributed by atoms with Crippen molar-refractivity contribution >= 4 is 11.6 Å². The molecule has 0 aliphatic heterocycles. The minimum atomic E-state index is 0.569. The summed E-state index contributed by atoms with van der Waals surface area (Å²) in [5.41, 5.74) is 0.958. The molecule has 2 aromatic rings. The van der Waals surface area contributed by atoms with Crippen LogP contribution in [-0.4, -0.2) is 43.3 Å².